The SMILES string of the molecule is CCNC(=O)CN1CCOc2c(cc(-c3ccc(C)s3)cc2OC)C1. The summed E-state index contributed by atoms with van der Waals surface area (Å²) in [7, 11) is 1.67. The number of carbonyl (C=O) groups excluding carboxylic acids is 1. The molecule has 1 aliphatic heterocycles. The number of rotatable bonds is 5. The van der Waals surface area contributed by atoms with E-state index in [2.05, 4.69) is 35.3 Å². The number of methoxy groups -OCH3 is 1. The quantitative estimate of drug-likeness (QED) is 0.890. The Labute approximate surface area is 152 Å². The van der Waals surface area contributed by atoms with Crippen molar-refractivity contribution in [2.45, 2.75) is 20.4 Å². The molecule has 2 aromatic rings. The standard InChI is InChI=1S/C19H24N2O3S/c1-4-20-18(22)12-21-7-8-24-19-15(11-21)9-14(10-16(19)23-3)17-6-5-13(2)25-17/h5-6,9-10H,4,7-8,11-12H2,1-3H3,(H,20,22). The molecule has 0 radical (unpaired) electrons. The second-order valence-electron chi connectivity index (χ2n) is 6.09. The molecule has 6 heteroatoms. The van der Waals surface area contributed by atoms with Crippen molar-refractivity contribution in [2.75, 3.05) is 33.4 Å². The minimum atomic E-state index is 0.0444. The predicted octanol–water partition coefficient (Wildman–Crippen LogP) is 3.06. The van der Waals surface area contributed by atoms with Crippen molar-refractivity contribution < 1.29 is 14.3 Å². The van der Waals surface area contributed by atoms with E-state index >= 15 is 0 Å². The van der Waals surface area contributed by atoms with Crippen LogP contribution in [0.15, 0.2) is 24.3 Å². The largest absolute Gasteiger partial charge is 0.493 e. The highest BCUT2D eigenvalue weighted by Gasteiger charge is 2.22. The van der Waals surface area contributed by atoms with Crippen LogP contribution in [0.3, 0.4) is 0 Å². The van der Waals surface area contributed by atoms with Crippen molar-refractivity contribution in [1.29, 1.82) is 0 Å². The number of nitrogens with one attached hydrogen (secondary N) is 1. The van der Waals surface area contributed by atoms with Crippen LogP contribution in [-0.2, 0) is 11.3 Å². The number of hydrogen-bond donors (Lipinski definition) is 1. The highest BCUT2D eigenvalue weighted by Crippen LogP contribution is 2.39. The second-order valence-corrected chi connectivity index (χ2v) is 7.38. The Hall–Kier alpha value is -2.05. The fraction of sp³-hybridized carbons (Fsp3) is 0.421. The van der Waals surface area contributed by atoms with Crippen molar-refractivity contribution in [3.8, 4) is 21.9 Å². The summed E-state index contributed by atoms with van der Waals surface area (Å²) in [5, 5.41) is 2.86. The minimum absolute atomic E-state index is 0.0444. The van der Waals surface area contributed by atoms with Crippen LogP contribution in [-0.4, -0.2) is 44.2 Å². The van der Waals surface area contributed by atoms with Crippen LogP contribution < -0.4 is 14.8 Å². The molecular weight excluding hydrogens is 336 g/mol. The number of amides is 1. The molecule has 0 unspecified atom stereocenters. The smallest absolute Gasteiger partial charge is 0.234 e. The number of likely N-dealkylation sites (N-methyl/N-ethyl adjacent to an activating group) is 1. The highest BCUT2D eigenvalue weighted by atomic mass is 32.1. The average Bonchev–Trinajstić information content (AvgIpc) is 2.91. The number of ether oxygens (including phenoxy) is 2. The van der Waals surface area contributed by atoms with Gasteiger partial charge in [0.1, 0.15) is 6.61 Å². The lowest BCUT2D eigenvalue weighted by Crippen LogP contribution is -2.37. The van der Waals surface area contributed by atoms with Crippen LogP contribution in [0.5, 0.6) is 11.5 Å². The Morgan fingerprint density at radius 3 is 2.92 bits per heavy atom. The van der Waals surface area contributed by atoms with Crippen molar-refractivity contribution in [1.82, 2.24) is 10.2 Å². The summed E-state index contributed by atoms with van der Waals surface area (Å²) in [6.45, 7) is 6.98. The molecule has 25 heavy (non-hydrogen) atoms. The molecule has 1 aliphatic rings. The Balaban J connectivity index is 1.91. The Kier molecular flexibility index (Phi) is 5.60. The summed E-state index contributed by atoms with van der Waals surface area (Å²) < 4.78 is 11.5. The number of benzene rings is 1. The van der Waals surface area contributed by atoms with Crippen LogP contribution in [0.2, 0.25) is 0 Å². The molecule has 2 heterocycles. The molecule has 0 spiro atoms. The molecule has 134 valence electrons. The van der Waals surface area contributed by atoms with E-state index in [1.54, 1.807) is 18.4 Å². The summed E-state index contributed by atoms with van der Waals surface area (Å²) in [6.07, 6.45) is 0. The lowest BCUT2D eigenvalue weighted by Gasteiger charge is -2.19. The van der Waals surface area contributed by atoms with Crippen molar-refractivity contribution >= 4 is 17.2 Å². The summed E-state index contributed by atoms with van der Waals surface area (Å²) in [5.41, 5.74) is 2.18. The topological polar surface area (TPSA) is 50.8 Å². The van der Waals surface area contributed by atoms with Crippen LogP contribution in [0.1, 0.15) is 17.4 Å². The van der Waals surface area contributed by atoms with Crippen molar-refractivity contribution in [3.63, 3.8) is 0 Å². The second kappa shape index (κ2) is 7.89. The fourth-order valence-corrected chi connectivity index (χ4v) is 3.87. The Morgan fingerprint density at radius 1 is 1.40 bits per heavy atom. The zero-order valence-electron chi connectivity index (χ0n) is 14.9. The summed E-state index contributed by atoms with van der Waals surface area (Å²) in [4.78, 5) is 16.5. The van der Waals surface area contributed by atoms with E-state index in [9.17, 15) is 4.79 Å². The molecule has 0 aliphatic carbocycles. The van der Waals surface area contributed by atoms with Crippen LogP contribution in [0, 0.1) is 6.92 Å². The number of nitrogens with zero attached hydrogens (tertiary/aromatic N) is 1. The zero-order chi connectivity index (χ0) is 17.8. The molecule has 0 bridgehead atoms. The van der Waals surface area contributed by atoms with Gasteiger partial charge < -0.3 is 14.8 Å². The van der Waals surface area contributed by atoms with Gasteiger partial charge in [-0.05, 0) is 43.7 Å². The first-order valence-electron chi connectivity index (χ1n) is 8.50. The zero-order valence-corrected chi connectivity index (χ0v) is 15.7. The van der Waals surface area contributed by atoms with Gasteiger partial charge in [0, 0.05) is 35.0 Å². The summed E-state index contributed by atoms with van der Waals surface area (Å²) in [5.74, 6) is 1.58. The number of hydrogen-bond acceptors (Lipinski definition) is 5. The van der Waals surface area contributed by atoms with Crippen LogP contribution in [0.25, 0.3) is 10.4 Å². The van der Waals surface area contributed by atoms with Gasteiger partial charge in [0.05, 0.1) is 13.7 Å². The third-order valence-corrected chi connectivity index (χ3v) is 5.22. The molecule has 5 nitrogen and oxygen atoms in total. The van der Waals surface area contributed by atoms with E-state index in [4.69, 9.17) is 9.47 Å². The van der Waals surface area contributed by atoms with E-state index in [1.165, 1.54) is 9.75 Å². The average molecular weight is 360 g/mol. The normalized spacial score (nSPS) is 14.4. The van der Waals surface area contributed by atoms with Gasteiger partial charge in [-0.1, -0.05) is 0 Å². The molecule has 0 saturated heterocycles. The molecule has 0 atom stereocenters. The van der Waals surface area contributed by atoms with Gasteiger partial charge in [-0.25, -0.2) is 0 Å². The maximum absolute atomic E-state index is 11.9. The molecule has 0 saturated carbocycles. The van der Waals surface area contributed by atoms with Gasteiger partial charge in [0.25, 0.3) is 0 Å². The van der Waals surface area contributed by atoms with Crippen molar-refractivity contribution in [3.05, 3.63) is 34.7 Å². The molecule has 0 fully saturated rings. The predicted molar refractivity (Wildman–Crippen MR) is 100 cm³/mol. The first-order valence-corrected chi connectivity index (χ1v) is 9.32. The molecule has 3 rings (SSSR count). The number of aryl methyl sites for hydroxylation is 1. The number of fused-ring (bicyclic) bond motifs is 1. The molecule has 1 amide bonds. The summed E-state index contributed by atoms with van der Waals surface area (Å²) >= 11 is 1.76. The van der Waals surface area contributed by atoms with Crippen LogP contribution >= 0.6 is 11.3 Å². The maximum atomic E-state index is 11.9. The lowest BCUT2D eigenvalue weighted by molar-refractivity contribution is -0.122. The fourth-order valence-electron chi connectivity index (χ4n) is 3.01. The highest BCUT2D eigenvalue weighted by molar-refractivity contribution is 7.15. The van der Waals surface area contributed by atoms with E-state index < -0.39 is 0 Å². The van der Waals surface area contributed by atoms with Gasteiger partial charge >= 0.3 is 0 Å². The van der Waals surface area contributed by atoms with Gasteiger partial charge in [0.2, 0.25) is 5.91 Å². The van der Waals surface area contributed by atoms with E-state index in [0.29, 0.717) is 32.8 Å². The number of carbonyl (C=O) groups is 1. The molecule has 1 N–H and O–H groups in total. The van der Waals surface area contributed by atoms with Crippen LogP contribution in [0.4, 0.5) is 0 Å². The lowest BCUT2D eigenvalue weighted by atomic mass is 10.1. The minimum Gasteiger partial charge on any atom is -0.493 e. The van der Waals surface area contributed by atoms with E-state index in [1.807, 2.05) is 13.0 Å². The molecule has 1 aromatic carbocycles. The Bertz CT molecular complexity index is 757. The monoisotopic (exact) mass is 360 g/mol. The van der Waals surface area contributed by atoms with E-state index in [0.717, 1.165) is 22.6 Å². The summed E-state index contributed by atoms with van der Waals surface area (Å²) in [6, 6.07) is 8.43. The number of thiophene rings is 1. The molecular formula is C19H24N2O3S. The first-order chi connectivity index (χ1) is 12.1. The van der Waals surface area contributed by atoms with Gasteiger partial charge in [0.15, 0.2) is 11.5 Å². The van der Waals surface area contributed by atoms with Crippen molar-refractivity contribution in [2.24, 2.45) is 0 Å². The van der Waals surface area contributed by atoms with Gasteiger partial charge in [-0.15, -0.1) is 11.3 Å². The molecule has 1 aromatic heterocycles. The van der Waals surface area contributed by atoms with Gasteiger partial charge in [-0.2, -0.15) is 0 Å². The van der Waals surface area contributed by atoms with E-state index in [-0.39, 0.29) is 5.91 Å². The maximum Gasteiger partial charge on any atom is 0.234 e. The Morgan fingerprint density at radius 2 is 2.24 bits per heavy atom. The first kappa shape index (κ1) is 17.8. The third-order valence-electron chi connectivity index (χ3n) is 4.17. The van der Waals surface area contributed by atoms with Gasteiger partial charge in [-0.3, -0.25) is 9.69 Å². The third kappa shape index (κ3) is 4.14.